The molecule has 6 heteroatoms. The van der Waals surface area contributed by atoms with E-state index < -0.39 is 0 Å². The van der Waals surface area contributed by atoms with Gasteiger partial charge in [0.25, 0.3) is 0 Å². The summed E-state index contributed by atoms with van der Waals surface area (Å²) in [5.74, 6) is 1.02. The Hall–Kier alpha value is -2.60. The van der Waals surface area contributed by atoms with Gasteiger partial charge >= 0.3 is 0 Å². The second-order valence-corrected chi connectivity index (χ2v) is 6.03. The smallest absolute Gasteiger partial charge is 0.237 e. The van der Waals surface area contributed by atoms with Crippen molar-refractivity contribution in [3.63, 3.8) is 0 Å². The number of nitrogens with zero attached hydrogens (tertiary/aromatic N) is 1. The number of halogens is 1. The normalized spacial score (nSPS) is 11.9. The first kappa shape index (κ1) is 19.7. The second kappa shape index (κ2) is 9.77. The molecule has 2 aromatic rings. The van der Waals surface area contributed by atoms with E-state index in [1.807, 2.05) is 43.1 Å². The molecule has 0 saturated carbocycles. The number of carbonyl (C=O) groups excluding carboxylic acids is 1. The lowest BCUT2D eigenvalue weighted by atomic mass is 10.2. The van der Waals surface area contributed by atoms with Crippen molar-refractivity contribution in [3.05, 3.63) is 59.9 Å². The van der Waals surface area contributed by atoms with E-state index in [0.29, 0.717) is 25.4 Å². The zero-order valence-electron chi connectivity index (χ0n) is 15.4. The molecule has 2 aromatic carbocycles. The molecule has 0 heterocycles. The number of benzene rings is 2. The summed E-state index contributed by atoms with van der Waals surface area (Å²) in [4.78, 5) is 14.2. The van der Waals surface area contributed by atoms with Gasteiger partial charge in [-0.3, -0.25) is 9.69 Å². The van der Waals surface area contributed by atoms with Crippen molar-refractivity contribution in [2.75, 3.05) is 27.3 Å². The molecule has 0 aliphatic heterocycles. The number of hydrogen-bond donors (Lipinski definition) is 1. The first-order valence-electron chi connectivity index (χ1n) is 8.49. The molecule has 0 aliphatic carbocycles. The molecule has 0 spiro atoms. The van der Waals surface area contributed by atoms with Crippen molar-refractivity contribution in [1.29, 1.82) is 0 Å². The van der Waals surface area contributed by atoms with Crippen LogP contribution < -0.4 is 14.8 Å². The van der Waals surface area contributed by atoms with Crippen LogP contribution in [0.1, 0.15) is 12.5 Å². The summed E-state index contributed by atoms with van der Waals surface area (Å²) in [5, 5.41) is 2.93. The molecule has 140 valence electrons. The predicted molar refractivity (Wildman–Crippen MR) is 98.8 cm³/mol. The van der Waals surface area contributed by atoms with Crippen LogP contribution in [-0.2, 0) is 11.3 Å². The third-order valence-corrected chi connectivity index (χ3v) is 4.17. The highest BCUT2D eigenvalue weighted by atomic mass is 19.1. The van der Waals surface area contributed by atoms with Gasteiger partial charge in [0.05, 0.1) is 13.2 Å². The Balaban J connectivity index is 1.74. The largest absolute Gasteiger partial charge is 0.497 e. The summed E-state index contributed by atoms with van der Waals surface area (Å²) in [6, 6.07) is 13.2. The van der Waals surface area contributed by atoms with Gasteiger partial charge in [0.15, 0.2) is 0 Å². The topological polar surface area (TPSA) is 50.8 Å². The van der Waals surface area contributed by atoms with Gasteiger partial charge in [-0.15, -0.1) is 0 Å². The molecule has 2 rings (SSSR count). The van der Waals surface area contributed by atoms with Gasteiger partial charge in [-0.05, 0) is 55.9 Å². The van der Waals surface area contributed by atoms with Crippen LogP contribution in [0.25, 0.3) is 0 Å². The van der Waals surface area contributed by atoms with E-state index in [-0.39, 0.29) is 17.8 Å². The number of amides is 1. The minimum absolute atomic E-state index is 0.0582. The molecule has 5 nitrogen and oxygen atoms in total. The van der Waals surface area contributed by atoms with Gasteiger partial charge < -0.3 is 14.8 Å². The summed E-state index contributed by atoms with van der Waals surface area (Å²) in [5.41, 5.74) is 0.979. The highest BCUT2D eigenvalue weighted by molar-refractivity contribution is 5.81. The average Bonchev–Trinajstić information content (AvgIpc) is 2.67. The maximum Gasteiger partial charge on any atom is 0.237 e. The molecular formula is C20H25FN2O3. The molecule has 1 atom stereocenters. The van der Waals surface area contributed by atoms with E-state index in [9.17, 15) is 9.18 Å². The van der Waals surface area contributed by atoms with Crippen LogP contribution in [0.2, 0.25) is 0 Å². The zero-order valence-corrected chi connectivity index (χ0v) is 15.4. The first-order chi connectivity index (χ1) is 12.5. The molecule has 0 radical (unpaired) electrons. The van der Waals surface area contributed by atoms with E-state index in [0.717, 1.165) is 11.3 Å². The van der Waals surface area contributed by atoms with Crippen molar-refractivity contribution in [3.8, 4) is 11.5 Å². The number of methoxy groups -OCH3 is 1. The third-order valence-electron chi connectivity index (χ3n) is 4.17. The Morgan fingerprint density at radius 3 is 2.62 bits per heavy atom. The number of likely N-dealkylation sites (N-methyl/N-ethyl adjacent to an activating group) is 1. The molecule has 0 aromatic heterocycles. The monoisotopic (exact) mass is 360 g/mol. The summed E-state index contributed by atoms with van der Waals surface area (Å²) in [6.45, 7) is 3.28. The Bertz CT molecular complexity index is 706. The fraction of sp³-hybridized carbons (Fsp3) is 0.350. The van der Waals surface area contributed by atoms with Crippen LogP contribution in [0.15, 0.2) is 48.5 Å². The van der Waals surface area contributed by atoms with E-state index in [1.54, 1.807) is 19.2 Å². The third kappa shape index (κ3) is 6.04. The van der Waals surface area contributed by atoms with Crippen molar-refractivity contribution in [2.45, 2.75) is 19.5 Å². The molecular weight excluding hydrogens is 335 g/mol. The Morgan fingerprint density at radius 1 is 1.19 bits per heavy atom. The maximum atomic E-state index is 12.9. The molecule has 26 heavy (non-hydrogen) atoms. The number of nitrogens with one attached hydrogen (secondary N) is 1. The van der Waals surface area contributed by atoms with Gasteiger partial charge in [-0.2, -0.15) is 0 Å². The highest BCUT2D eigenvalue weighted by Gasteiger charge is 2.17. The van der Waals surface area contributed by atoms with Crippen LogP contribution in [0.5, 0.6) is 11.5 Å². The first-order valence-corrected chi connectivity index (χ1v) is 8.49. The lowest BCUT2D eigenvalue weighted by Gasteiger charge is -2.24. The highest BCUT2D eigenvalue weighted by Crippen LogP contribution is 2.13. The molecule has 0 aliphatic rings. The van der Waals surface area contributed by atoms with Crippen molar-refractivity contribution in [1.82, 2.24) is 10.2 Å². The SMILES string of the molecule is COc1cccc(CNC(=O)C(C)N(C)CCOc2ccc(F)cc2)c1. The van der Waals surface area contributed by atoms with E-state index in [1.165, 1.54) is 12.1 Å². The Morgan fingerprint density at radius 2 is 1.92 bits per heavy atom. The molecule has 1 N–H and O–H groups in total. The minimum Gasteiger partial charge on any atom is -0.497 e. The number of ether oxygens (including phenoxy) is 2. The van der Waals surface area contributed by atoms with Gasteiger partial charge in [0.1, 0.15) is 23.9 Å². The average molecular weight is 360 g/mol. The van der Waals surface area contributed by atoms with Crippen molar-refractivity contribution >= 4 is 5.91 Å². The molecule has 1 unspecified atom stereocenters. The Labute approximate surface area is 153 Å². The van der Waals surface area contributed by atoms with Gasteiger partial charge in [-0.1, -0.05) is 12.1 Å². The van der Waals surface area contributed by atoms with E-state index >= 15 is 0 Å². The molecule has 1 amide bonds. The fourth-order valence-electron chi connectivity index (χ4n) is 2.35. The van der Waals surface area contributed by atoms with Crippen molar-refractivity contribution in [2.24, 2.45) is 0 Å². The number of carbonyl (C=O) groups is 1. The maximum absolute atomic E-state index is 12.9. The summed E-state index contributed by atoms with van der Waals surface area (Å²) in [7, 11) is 3.48. The van der Waals surface area contributed by atoms with Gasteiger partial charge in [-0.25, -0.2) is 4.39 Å². The minimum atomic E-state index is -0.296. The van der Waals surface area contributed by atoms with Gasteiger partial charge in [0, 0.05) is 13.1 Å². The number of hydrogen-bond acceptors (Lipinski definition) is 4. The molecule has 0 saturated heterocycles. The van der Waals surface area contributed by atoms with Crippen LogP contribution in [0.3, 0.4) is 0 Å². The quantitative estimate of drug-likeness (QED) is 0.747. The Kier molecular flexibility index (Phi) is 7.41. The predicted octanol–water partition coefficient (Wildman–Crippen LogP) is 2.85. The van der Waals surface area contributed by atoms with Crippen LogP contribution >= 0.6 is 0 Å². The standard InChI is InChI=1S/C20H25FN2O3/c1-15(20(24)22-14-16-5-4-6-19(13-16)25-3)23(2)11-12-26-18-9-7-17(21)8-10-18/h4-10,13,15H,11-12,14H2,1-3H3,(H,22,24). The van der Waals surface area contributed by atoms with Crippen LogP contribution in [0.4, 0.5) is 4.39 Å². The summed E-state index contributed by atoms with van der Waals surface area (Å²) >= 11 is 0. The number of rotatable bonds is 9. The van der Waals surface area contributed by atoms with Crippen LogP contribution in [0, 0.1) is 5.82 Å². The zero-order chi connectivity index (χ0) is 18.9. The molecule has 0 bridgehead atoms. The van der Waals surface area contributed by atoms with E-state index in [4.69, 9.17) is 9.47 Å². The van der Waals surface area contributed by atoms with Crippen LogP contribution in [-0.4, -0.2) is 44.2 Å². The van der Waals surface area contributed by atoms with Gasteiger partial charge in [0.2, 0.25) is 5.91 Å². The van der Waals surface area contributed by atoms with Crippen molar-refractivity contribution < 1.29 is 18.7 Å². The summed E-state index contributed by atoms with van der Waals surface area (Å²) in [6.07, 6.45) is 0. The lowest BCUT2D eigenvalue weighted by molar-refractivity contribution is -0.125. The summed E-state index contributed by atoms with van der Waals surface area (Å²) < 4.78 is 23.6. The molecule has 0 fully saturated rings. The fourth-order valence-corrected chi connectivity index (χ4v) is 2.35. The van der Waals surface area contributed by atoms with E-state index in [2.05, 4.69) is 5.32 Å². The lowest BCUT2D eigenvalue weighted by Crippen LogP contribution is -2.44. The second-order valence-electron chi connectivity index (χ2n) is 6.03.